The van der Waals surface area contributed by atoms with E-state index in [2.05, 4.69) is 35.3 Å². The van der Waals surface area contributed by atoms with Crippen LogP contribution in [0.2, 0.25) is 0 Å². The average molecular weight is 649 g/mol. The molecule has 6 rings (SSSR count). The number of nitrogens with zero attached hydrogens (tertiary/aromatic N) is 8. The Labute approximate surface area is 267 Å². The van der Waals surface area contributed by atoms with Crippen LogP contribution in [0.15, 0.2) is 85.5 Å². The summed E-state index contributed by atoms with van der Waals surface area (Å²) in [6, 6.07) is 16.0. The summed E-state index contributed by atoms with van der Waals surface area (Å²) in [6.45, 7) is 4.13. The normalized spacial score (nSPS) is 15.8. The minimum absolute atomic E-state index is 0.423. The fraction of sp³-hybridized carbons (Fsp3) is 0.303. The van der Waals surface area contributed by atoms with E-state index in [1.165, 1.54) is 12.3 Å². The van der Waals surface area contributed by atoms with Crippen LogP contribution in [-0.2, 0) is 18.1 Å². The molecule has 244 valence electrons. The third kappa shape index (κ3) is 6.38. The highest BCUT2D eigenvalue weighted by molar-refractivity contribution is 5.66. The van der Waals surface area contributed by atoms with Crippen molar-refractivity contribution < 1.29 is 27.8 Å². The van der Waals surface area contributed by atoms with Gasteiger partial charge in [-0.1, -0.05) is 25.1 Å². The molecule has 1 fully saturated rings. The number of aromatic nitrogens is 6. The van der Waals surface area contributed by atoms with Crippen molar-refractivity contribution in [2.75, 3.05) is 36.0 Å². The van der Waals surface area contributed by atoms with Crippen molar-refractivity contribution >= 4 is 11.4 Å². The number of rotatable bonds is 10. The van der Waals surface area contributed by atoms with Crippen molar-refractivity contribution in [1.82, 2.24) is 30.2 Å². The highest BCUT2D eigenvalue weighted by Crippen LogP contribution is 2.47. The molecule has 4 heterocycles. The van der Waals surface area contributed by atoms with Gasteiger partial charge in [-0.2, -0.15) is 8.78 Å². The first-order valence-electron chi connectivity index (χ1n) is 15.1. The Hall–Kier alpha value is -4.95. The van der Waals surface area contributed by atoms with Crippen molar-refractivity contribution in [3.63, 3.8) is 0 Å². The van der Waals surface area contributed by atoms with Crippen LogP contribution in [0.3, 0.4) is 0 Å². The molecular formula is C33H32F4N8O2. The Morgan fingerprint density at radius 3 is 2.09 bits per heavy atom. The first-order valence-corrected chi connectivity index (χ1v) is 15.1. The molecule has 14 heteroatoms. The third-order valence-corrected chi connectivity index (χ3v) is 8.47. The molecule has 1 aliphatic rings. The summed E-state index contributed by atoms with van der Waals surface area (Å²) >= 11 is 0. The smallest absolute Gasteiger partial charge is 0.323 e. The fourth-order valence-electron chi connectivity index (χ4n) is 5.71. The second kappa shape index (κ2) is 13.0. The highest BCUT2D eigenvalue weighted by atomic mass is 19.3. The summed E-state index contributed by atoms with van der Waals surface area (Å²) in [6.07, 6.45) is 4.10. The molecule has 0 aliphatic carbocycles. The standard InChI is InChI=1S/C33H32F4N8O2/c1-2-30(46)29-11-9-26(19-38-29)44-15-13-43(14-16-44)25-7-3-22(4-8-25)23-5-12-31(39-18-23)33(36,37)32(47,20-45-21-40-41-42-45)27-10-6-24(34)17-28(27)35/h3-12,17-19,21,30,46-47H,2,13-16,20H2,1H3/t30?,32-/m0/s1. The van der Waals surface area contributed by atoms with E-state index < -0.39 is 47.1 Å². The molecule has 1 aliphatic heterocycles. The molecule has 3 aromatic heterocycles. The molecule has 2 aromatic carbocycles. The molecule has 0 spiro atoms. The van der Waals surface area contributed by atoms with Gasteiger partial charge in [-0.05, 0) is 64.9 Å². The predicted octanol–water partition coefficient (Wildman–Crippen LogP) is 4.86. The van der Waals surface area contributed by atoms with E-state index in [0.717, 1.165) is 72.3 Å². The van der Waals surface area contributed by atoms with Crippen LogP contribution in [0, 0.1) is 11.6 Å². The molecule has 1 unspecified atom stereocenters. The van der Waals surface area contributed by atoms with Gasteiger partial charge in [0.15, 0.2) is 5.60 Å². The van der Waals surface area contributed by atoms with Crippen LogP contribution < -0.4 is 9.80 Å². The van der Waals surface area contributed by atoms with Gasteiger partial charge in [0.1, 0.15) is 23.7 Å². The molecule has 0 bridgehead atoms. The number of pyridine rings is 2. The number of halogens is 4. The lowest BCUT2D eigenvalue weighted by molar-refractivity contribution is -0.207. The maximum atomic E-state index is 16.1. The fourth-order valence-corrected chi connectivity index (χ4v) is 5.71. The molecule has 47 heavy (non-hydrogen) atoms. The maximum Gasteiger partial charge on any atom is 0.323 e. The van der Waals surface area contributed by atoms with Gasteiger partial charge in [0.2, 0.25) is 0 Å². The molecule has 5 aromatic rings. The Bertz CT molecular complexity index is 1780. The third-order valence-electron chi connectivity index (χ3n) is 8.47. The van der Waals surface area contributed by atoms with E-state index in [4.69, 9.17) is 0 Å². The summed E-state index contributed by atoms with van der Waals surface area (Å²) in [5.74, 6) is -6.48. The predicted molar refractivity (Wildman–Crippen MR) is 166 cm³/mol. The number of hydrogen-bond acceptors (Lipinski definition) is 9. The quantitative estimate of drug-likeness (QED) is 0.205. The van der Waals surface area contributed by atoms with E-state index in [9.17, 15) is 19.0 Å². The summed E-state index contributed by atoms with van der Waals surface area (Å²) in [5, 5.41) is 31.7. The molecule has 2 atom stereocenters. The Balaban J connectivity index is 1.15. The monoisotopic (exact) mass is 648 g/mol. The highest BCUT2D eigenvalue weighted by Gasteiger charge is 2.58. The molecule has 0 radical (unpaired) electrons. The van der Waals surface area contributed by atoms with E-state index in [1.54, 1.807) is 6.20 Å². The Morgan fingerprint density at radius 2 is 1.51 bits per heavy atom. The summed E-state index contributed by atoms with van der Waals surface area (Å²) in [5.41, 5.74) is -0.882. The lowest BCUT2D eigenvalue weighted by Gasteiger charge is -2.37. The topological polar surface area (TPSA) is 116 Å². The molecule has 0 saturated carbocycles. The van der Waals surface area contributed by atoms with E-state index in [0.29, 0.717) is 23.7 Å². The summed E-state index contributed by atoms with van der Waals surface area (Å²) in [4.78, 5) is 12.9. The van der Waals surface area contributed by atoms with E-state index in [1.807, 2.05) is 43.3 Å². The molecular weight excluding hydrogens is 616 g/mol. The van der Waals surface area contributed by atoms with Gasteiger partial charge in [0, 0.05) is 55.3 Å². The number of anilines is 2. The van der Waals surface area contributed by atoms with Crippen LogP contribution in [0.4, 0.5) is 28.9 Å². The second-order valence-corrected chi connectivity index (χ2v) is 11.4. The number of piperazine rings is 1. The first kappa shape index (κ1) is 32.0. The molecule has 1 saturated heterocycles. The van der Waals surface area contributed by atoms with Crippen molar-refractivity contribution in [2.24, 2.45) is 0 Å². The van der Waals surface area contributed by atoms with E-state index >= 15 is 8.78 Å². The minimum Gasteiger partial charge on any atom is -0.387 e. The lowest BCUT2D eigenvalue weighted by Crippen LogP contribution is -2.48. The number of benzene rings is 2. The summed E-state index contributed by atoms with van der Waals surface area (Å²) in [7, 11) is 0. The number of aliphatic hydroxyl groups is 2. The van der Waals surface area contributed by atoms with Crippen LogP contribution in [0.25, 0.3) is 11.1 Å². The Kier molecular flexibility index (Phi) is 8.88. The number of alkyl halides is 2. The zero-order valence-corrected chi connectivity index (χ0v) is 25.4. The van der Waals surface area contributed by atoms with Crippen molar-refractivity contribution in [2.45, 2.75) is 37.5 Å². The van der Waals surface area contributed by atoms with Crippen LogP contribution in [0.5, 0.6) is 0 Å². The molecule has 2 N–H and O–H groups in total. The minimum atomic E-state index is -4.14. The molecule has 10 nitrogen and oxygen atoms in total. The first-order chi connectivity index (χ1) is 22.6. The second-order valence-electron chi connectivity index (χ2n) is 11.4. The van der Waals surface area contributed by atoms with Crippen molar-refractivity contribution in [3.05, 3.63) is 114 Å². The number of hydrogen-bond donors (Lipinski definition) is 2. The zero-order valence-electron chi connectivity index (χ0n) is 25.4. The van der Waals surface area contributed by atoms with E-state index in [-0.39, 0.29) is 0 Å². The zero-order chi connectivity index (χ0) is 33.2. The summed E-state index contributed by atoms with van der Waals surface area (Å²) < 4.78 is 61.4. The van der Waals surface area contributed by atoms with Gasteiger partial charge in [-0.15, -0.1) is 5.10 Å². The number of tetrazole rings is 1. The lowest BCUT2D eigenvalue weighted by atomic mass is 9.84. The number of aliphatic hydroxyl groups excluding tert-OH is 1. The van der Waals surface area contributed by atoms with Gasteiger partial charge < -0.3 is 20.0 Å². The van der Waals surface area contributed by atoms with Crippen LogP contribution in [0.1, 0.15) is 36.4 Å². The van der Waals surface area contributed by atoms with Gasteiger partial charge in [-0.3, -0.25) is 9.97 Å². The molecule has 0 amide bonds. The van der Waals surface area contributed by atoms with Crippen LogP contribution in [-0.4, -0.2) is 66.6 Å². The maximum absolute atomic E-state index is 16.1. The van der Waals surface area contributed by atoms with Crippen LogP contribution >= 0.6 is 0 Å². The Morgan fingerprint density at radius 1 is 0.830 bits per heavy atom. The van der Waals surface area contributed by atoms with Gasteiger partial charge >= 0.3 is 5.92 Å². The SMILES string of the molecule is CCC(O)c1ccc(N2CCN(c3ccc(-c4ccc(C(F)(F)[C@](O)(Cn5cnnn5)c5ccc(F)cc5F)nc4)cc3)CC2)cn1. The largest absolute Gasteiger partial charge is 0.387 e. The van der Waals surface area contributed by atoms with Gasteiger partial charge in [0.25, 0.3) is 0 Å². The van der Waals surface area contributed by atoms with Crippen molar-refractivity contribution in [3.8, 4) is 11.1 Å². The van der Waals surface area contributed by atoms with Gasteiger partial charge in [0.05, 0.1) is 30.2 Å². The van der Waals surface area contributed by atoms with Crippen molar-refractivity contribution in [1.29, 1.82) is 0 Å². The van der Waals surface area contributed by atoms with Gasteiger partial charge in [-0.25, -0.2) is 13.5 Å². The average Bonchev–Trinajstić information content (AvgIpc) is 3.61.